The summed E-state index contributed by atoms with van der Waals surface area (Å²) in [5.41, 5.74) is 1.74. The van der Waals surface area contributed by atoms with Crippen LogP contribution in [0.4, 0.5) is 0 Å². The Labute approximate surface area is 128 Å². The van der Waals surface area contributed by atoms with E-state index in [0.29, 0.717) is 36.2 Å². The van der Waals surface area contributed by atoms with E-state index in [9.17, 15) is 4.79 Å². The van der Waals surface area contributed by atoms with Gasteiger partial charge in [-0.1, -0.05) is 0 Å². The molecule has 2 aliphatic rings. The number of aromatic amines is 1. The Hall–Kier alpha value is -2.50. The molecule has 114 valence electrons. The molecule has 2 aliphatic heterocycles. The van der Waals surface area contributed by atoms with E-state index in [1.165, 1.54) is 0 Å². The highest BCUT2D eigenvalue weighted by Crippen LogP contribution is 2.32. The van der Waals surface area contributed by atoms with Crippen LogP contribution >= 0.6 is 0 Å². The number of rotatable bonds is 2. The molecule has 1 saturated heterocycles. The highest BCUT2D eigenvalue weighted by atomic mass is 16.6. The van der Waals surface area contributed by atoms with Gasteiger partial charge in [-0.25, -0.2) is 0 Å². The van der Waals surface area contributed by atoms with Crippen LogP contribution in [0, 0.1) is 0 Å². The van der Waals surface area contributed by atoms with Crippen molar-refractivity contribution in [1.82, 2.24) is 15.1 Å². The van der Waals surface area contributed by atoms with Crippen molar-refractivity contribution >= 4 is 5.91 Å². The Balaban J connectivity index is 1.50. The van der Waals surface area contributed by atoms with Crippen LogP contribution in [0.25, 0.3) is 0 Å². The molecule has 2 aromatic rings. The molecule has 1 atom stereocenters. The van der Waals surface area contributed by atoms with Crippen molar-refractivity contribution in [3.63, 3.8) is 0 Å². The number of H-pyrrole nitrogens is 1. The van der Waals surface area contributed by atoms with E-state index < -0.39 is 0 Å². The summed E-state index contributed by atoms with van der Waals surface area (Å²) in [6.45, 7) is 2.56. The minimum absolute atomic E-state index is 0.0407. The molecule has 0 bridgehead atoms. The molecule has 6 heteroatoms. The van der Waals surface area contributed by atoms with Crippen LogP contribution in [0.3, 0.4) is 0 Å². The van der Waals surface area contributed by atoms with Crippen molar-refractivity contribution in [1.29, 1.82) is 0 Å². The van der Waals surface area contributed by atoms with Gasteiger partial charge in [0.15, 0.2) is 11.5 Å². The van der Waals surface area contributed by atoms with Crippen molar-refractivity contribution in [2.24, 2.45) is 0 Å². The van der Waals surface area contributed by atoms with Crippen LogP contribution in [0.15, 0.2) is 30.5 Å². The maximum atomic E-state index is 12.7. The van der Waals surface area contributed by atoms with Crippen LogP contribution in [-0.4, -0.2) is 47.3 Å². The van der Waals surface area contributed by atoms with Gasteiger partial charge in [0.1, 0.15) is 13.2 Å². The van der Waals surface area contributed by atoms with Gasteiger partial charge in [0.25, 0.3) is 5.91 Å². The van der Waals surface area contributed by atoms with Gasteiger partial charge in [-0.15, -0.1) is 0 Å². The number of aromatic nitrogens is 2. The first-order valence-corrected chi connectivity index (χ1v) is 7.49. The second-order valence-corrected chi connectivity index (χ2v) is 5.61. The Bertz CT molecular complexity index is 684. The maximum absolute atomic E-state index is 12.7. The van der Waals surface area contributed by atoms with E-state index in [-0.39, 0.29) is 5.91 Å². The second kappa shape index (κ2) is 5.36. The molecule has 1 N–H and O–H groups in total. The van der Waals surface area contributed by atoms with E-state index in [1.807, 2.05) is 17.0 Å². The zero-order valence-electron chi connectivity index (χ0n) is 12.1. The first-order chi connectivity index (χ1) is 10.8. The third-order valence-corrected chi connectivity index (χ3v) is 4.23. The number of nitrogens with zero attached hydrogens (tertiary/aromatic N) is 2. The van der Waals surface area contributed by atoms with Gasteiger partial charge in [-0.3, -0.25) is 9.89 Å². The molecule has 1 aromatic heterocycles. The standard InChI is InChI=1S/C16H17N3O3/c20-16(11-1-2-14-15(9-11)22-8-7-21-14)19-6-4-12(10-19)13-3-5-17-18-13/h1-3,5,9,12H,4,6-8,10H2,(H,17,18)/t12-/m1/s1. The molecule has 1 fully saturated rings. The number of hydrogen-bond acceptors (Lipinski definition) is 4. The Morgan fingerprint density at radius 3 is 2.91 bits per heavy atom. The molecule has 4 rings (SSSR count). The van der Waals surface area contributed by atoms with Gasteiger partial charge < -0.3 is 14.4 Å². The quantitative estimate of drug-likeness (QED) is 0.918. The number of fused-ring (bicyclic) bond motifs is 1. The predicted octanol–water partition coefficient (Wildman–Crippen LogP) is 1.81. The number of amides is 1. The molecule has 1 aromatic carbocycles. The number of carbonyl (C=O) groups is 1. The number of likely N-dealkylation sites (tertiary alicyclic amines) is 1. The van der Waals surface area contributed by atoms with Crippen molar-refractivity contribution in [2.75, 3.05) is 26.3 Å². The first-order valence-electron chi connectivity index (χ1n) is 7.49. The van der Waals surface area contributed by atoms with E-state index >= 15 is 0 Å². The summed E-state index contributed by atoms with van der Waals surface area (Å²) >= 11 is 0. The summed E-state index contributed by atoms with van der Waals surface area (Å²) in [4.78, 5) is 14.5. The van der Waals surface area contributed by atoms with Crippen molar-refractivity contribution < 1.29 is 14.3 Å². The number of hydrogen-bond donors (Lipinski definition) is 1. The van der Waals surface area contributed by atoms with E-state index in [4.69, 9.17) is 9.47 Å². The topological polar surface area (TPSA) is 67.5 Å². The summed E-state index contributed by atoms with van der Waals surface area (Å²) in [5.74, 6) is 1.74. The number of nitrogens with one attached hydrogen (secondary N) is 1. The van der Waals surface area contributed by atoms with Crippen LogP contribution in [0.2, 0.25) is 0 Å². The lowest BCUT2D eigenvalue weighted by molar-refractivity contribution is 0.0789. The molecular formula is C16H17N3O3. The summed E-state index contributed by atoms with van der Waals surface area (Å²) in [6, 6.07) is 7.37. The average Bonchev–Trinajstić information content (AvgIpc) is 3.24. The van der Waals surface area contributed by atoms with E-state index in [1.54, 1.807) is 18.3 Å². The third kappa shape index (κ3) is 2.30. The minimum atomic E-state index is 0.0407. The average molecular weight is 299 g/mol. The van der Waals surface area contributed by atoms with E-state index in [0.717, 1.165) is 25.2 Å². The fraction of sp³-hybridized carbons (Fsp3) is 0.375. The minimum Gasteiger partial charge on any atom is -0.486 e. The summed E-state index contributed by atoms with van der Waals surface area (Å²) in [7, 11) is 0. The smallest absolute Gasteiger partial charge is 0.254 e. The highest BCUT2D eigenvalue weighted by Gasteiger charge is 2.29. The molecule has 0 saturated carbocycles. The maximum Gasteiger partial charge on any atom is 0.254 e. The van der Waals surface area contributed by atoms with Crippen LogP contribution in [0.5, 0.6) is 11.5 Å². The van der Waals surface area contributed by atoms with Gasteiger partial charge in [0, 0.05) is 36.5 Å². The van der Waals surface area contributed by atoms with Gasteiger partial charge in [0.05, 0.1) is 0 Å². The molecule has 0 aliphatic carbocycles. The zero-order valence-corrected chi connectivity index (χ0v) is 12.1. The van der Waals surface area contributed by atoms with Crippen molar-refractivity contribution in [2.45, 2.75) is 12.3 Å². The van der Waals surface area contributed by atoms with Gasteiger partial charge in [-0.2, -0.15) is 5.10 Å². The number of carbonyl (C=O) groups excluding carboxylic acids is 1. The third-order valence-electron chi connectivity index (χ3n) is 4.23. The van der Waals surface area contributed by atoms with Gasteiger partial charge >= 0.3 is 0 Å². The Morgan fingerprint density at radius 1 is 1.23 bits per heavy atom. The predicted molar refractivity (Wildman–Crippen MR) is 79.3 cm³/mol. The van der Waals surface area contributed by atoms with Gasteiger partial charge in [0.2, 0.25) is 0 Å². The summed E-state index contributed by atoms with van der Waals surface area (Å²) in [6.07, 6.45) is 2.71. The largest absolute Gasteiger partial charge is 0.486 e. The summed E-state index contributed by atoms with van der Waals surface area (Å²) < 4.78 is 11.0. The molecular weight excluding hydrogens is 282 g/mol. The van der Waals surface area contributed by atoms with E-state index in [2.05, 4.69) is 10.2 Å². The summed E-state index contributed by atoms with van der Waals surface area (Å²) in [5, 5.41) is 6.98. The first kappa shape index (κ1) is 13.2. The molecule has 3 heterocycles. The fourth-order valence-corrected chi connectivity index (χ4v) is 3.05. The lowest BCUT2D eigenvalue weighted by Crippen LogP contribution is -2.28. The van der Waals surface area contributed by atoms with Crippen molar-refractivity contribution in [3.8, 4) is 11.5 Å². The number of benzene rings is 1. The lowest BCUT2D eigenvalue weighted by atomic mass is 10.1. The van der Waals surface area contributed by atoms with Crippen LogP contribution < -0.4 is 9.47 Å². The molecule has 6 nitrogen and oxygen atoms in total. The monoisotopic (exact) mass is 299 g/mol. The van der Waals surface area contributed by atoms with Crippen molar-refractivity contribution in [3.05, 3.63) is 41.7 Å². The molecule has 0 unspecified atom stereocenters. The highest BCUT2D eigenvalue weighted by molar-refractivity contribution is 5.95. The molecule has 0 radical (unpaired) electrons. The lowest BCUT2D eigenvalue weighted by Gasteiger charge is -2.20. The Morgan fingerprint density at radius 2 is 2.09 bits per heavy atom. The molecule has 0 spiro atoms. The molecule has 1 amide bonds. The number of ether oxygens (including phenoxy) is 2. The van der Waals surface area contributed by atoms with Crippen LogP contribution in [-0.2, 0) is 0 Å². The second-order valence-electron chi connectivity index (χ2n) is 5.61. The Kier molecular flexibility index (Phi) is 3.21. The normalized spacial score (nSPS) is 20.2. The SMILES string of the molecule is O=C(c1ccc2c(c1)OCCO2)N1CC[C@@H](c2ccn[nH]2)C1. The molecule has 22 heavy (non-hydrogen) atoms. The zero-order chi connectivity index (χ0) is 14.9. The fourth-order valence-electron chi connectivity index (χ4n) is 3.05. The van der Waals surface area contributed by atoms with Gasteiger partial charge in [-0.05, 0) is 30.7 Å². The van der Waals surface area contributed by atoms with Crippen LogP contribution in [0.1, 0.15) is 28.4 Å².